The van der Waals surface area contributed by atoms with Gasteiger partial charge in [0.2, 0.25) is 0 Å². The molecule has 0 unspecified atom stereocenters. The van der Waals surface area contributed by atoms with E-state index in [1.807, 2.05) is 18.2 Å². The van der Waals surface area contributed by atoms with Crippen molar-refractivity contribution in [1.82, 2.24) is 14.8 Å². The average molecular weight is 377 g/mol. The number of hydrogen-bond acceptors (Lipinski definition) is 7. The number of nitrogen functional groups attached to an aromatic ring is 1. The van der Waals surface area contributed by atoms with Crippen LogP contribution >= 0.6 is 0 Å². The van der Waals surface area contributed by atoms with Gasteiger partial charge in [0, 0.05) is 23.6 Å². The Morgan fingerprint density at radius 3 is 2.64 bits per heavy atom. The minimum Gasteiger partial charge on any atom is -0.497 e. The van der Waals surface area contributed by atoms with Crippen LogP contribution in [0.3, 0.4) is 0 Å². The van der Waals surface area contributed by atoms with Gasteiger partial charge in [-0.05, 0) is 23.8 Å². The average Bonchev–Trinajstić information content (AvgIpc) is 3.02. The number of fused-ring (bicyclic) bond motifs is 2. The maximum Gasteiger partial charge on any atom is 0.269 e. The van der Waals surface area contributed by atoms with Crippen molar-refractivity contribution >= 4 is 39.3 Å². The van der Waals surface area contributed by atoms with Crippen molar-refractivity contribution < 1.29 is 14.5 Å². The molecule has 2 aromatic heterocycles. The number of pyridine rings is 1. The summed E-state index contributed by atoms with van der Waals surface area (Å²) in [7, 11) is 1.57. The summed E-state index contributed by atoms with van der Waals surface area (Å²) < 4.78 is 6.39. The van der Waals surface area contributed by atoms with Crippen LogP contribution in [0.1, 0.15) is 10.4 Å². The molecule has 4 rings (SSSR count). The Bertz CT molecular complexity index is 1230. The standard InChI is InChI=1S/C19H15N5O4/c1-28-14-7-4-12-9-15-18(20)22-23(19(15)21-16(12)10-14)17(25)8-11-2-5-13(6-3-11)24(26)27/h2-7,9-10H,8H2,1H3,(H2,20,22). The maximum atomic E-state index is 12.8. The molecule has 0 radical (unpaired) electrons. The van der Waals surface area contributed by atoms with E-state index in [9.17, 15) is 14.9 Å². The molecule has 2 N–H and O–H groups in total. The third kappa shape index (κ3) is 2.98. The number of nitro groups is 1. The lowest BCUT2D eigenvalue weighted by Crippen LogP contribution is -2.15. The maximum absolute atomic E-state index is 12.8. The van der Waals surface area contributed by atoms with Crippen LogP contribution in [-0.4, -0.2) is 32.7 Å². The molecule has 0 amide bonds. The second-order valence-electron chi connectivity index (χ2n) is 6.21. The number of nitrogens with zero attached hydrogens (tertiary/aromatic N) is 4. The van der Waals surface area contributed by atoms with E-state index in [1.165, 1.54) is 16.8 Å². The van der Waals surface area contributed by atoms with Gasteiger partial charge in [-0.1, -0.05) is 12.1 Å². The van der Waals surface area contributed by atoms with Gasteiger partial charge < -0.3 is 10.5 Å². The van der Waals surface area contributed by atoms with Crippen LogP contribution in [-0.2, 0) is 6.42 Å². The van der Waals surface area contributed by atoms with Crippen molar-refractivity contribution in [3.63, 3.8) is 0 Å². The lowest BCUT2D eigenvalue weighted by atomic mass is 10.1. The second-order valence-corrected chi connectivity index (χ2v) is 6.21. The lowest BCUT2D eigenvalue weighted by Gasteiger charge is -2.05. The van der Waals surface area contributed by atoms with Gasteiger partial charge in [0.15, 0.2) is 11.5 Å². The monoisotopic (exact) mass is 377 g/mol. The highest BCUT2D eigenvalue weighted by molar-refractivity contribution is 6.01. The SMILES string of the molecule is COc1ccc2cc3c(N)nn(C(=O)Cc4ccc([N+](=O)[O-])cc4)c3nc2c1. The Labute approximate surface area is 158 Å². The van der Waals surface area contributed by atoms with Crippen LogP contribution in [0, 0.1) is 10.1 Å². The Hall–Kier alpha value is -4.01. The van der Waals surface area contributed by atoms with Crippen LogP contribution in [0.25, 0.3) is 21.9 Å². The number of methoxy groups -OCH3 is 1. The summed E-state index contributed by atoms with van der Waals surface area (Å²) in [5.41, 5.74) is 7.58. The van der Waals surface area contributed by atoms with E-state index in [0.29, 0.717) is 27.9 Å². The molecule has 140 valence electrons. The molecular weight excluding hydrogens is 362 g/mol. The van der Waals surface area contributed by atoms with Crippen LogP contribution in [0.15, 0.2) is 48.5 Å². The molecule has 2 aromatic carbocycles. The lowest BCUT2D eigenvalue weighted by molar-refractivity contribution is -0.384. The normalized spacial score (nSPS) is 11.0. The van der Waals surface area contributed by atoms with E-state index in [-0.39, 0.29) is 23.8 Å². The fourth-order valence-electron chi connectivity index (χ4n) is 2.98. The number of aromatic nitrogens is 3. The van der Waals surface area contributed by atoms with Gasteiger partial charge in [-0.15, -0.1) is 5.10 Å². The molecule has 9 heteroatoms. The first kappa shape index (κ1) is 17.4. The minimum atomic E-state index is -0.489. The predicted molar refractivity (Wildman–Crippen MR) is 103 cm³/mol. The van der Waals surface area contributed by atoms with Crippen molar-refractivity contribution in [3.8, 4) is 5.75 Å². The van der Waals surface area contributed by atoms with E-state index in [0.717, 1.165) is 5.39 Å². The Kier molecular flexibility index (Phi) is 4.11. The molecule has 0 aliphatic heterocycles. The van der Waals surface area contributed by atoms with Gasteiger partial charge in [0.25, 0.3) is 11.6 Å². The highest BCUT2D eigenvalue weighted by atomic mass is 16.6. The van der Waals surface area contributed by atoms with Crippen molar-refractivity contribution in [2.45, 2.75) is 6.42 Å². The molecule has 28 heavy (non-hydrogen) atoms. The number of hydrogen-bond donors (Lipinski definition) is 1. The summed E-state index contributed by atoms with van der Waals surface area (Å²) in [5.74, 6) is 0.512. The molecule has 0 bridgehead atoms. The van der Waals surface area contributed by atoms with Gasteiger partial charge >= 0.3 is 0 Å². The summed E-state index contributed by atoms with van der Waals surface area (Å²) in [6.45, 7) is 0. The predicted octanol–water partition coefficient (Wildman–Crippen LogP) is 2.97. The molecule has 0 spiro atoms. The zero-order valence-corrected chi connectivity index (χ0v) is 14.8. The molecule has 0 aliphatic carbocycles. The van der Waals surface area contributed by atoms with Crippen LogP contribution in [0.4, 0.5) is 11.5 Å². The number of non-ortho nitro benzene ring substituents is 1. The van der Waals surface area contributed by atoms with Crippen LogP contribution in [0.2, 0.25) is 0 Å². The summed E-state index contributed by atoms with van der Waals surface area (Å²) in [6.07, 6.45) is 0.00599. The van der Waals surface area contributed by atoms with Crippen molar-refractivity contribution in [1.29, 1.82) is 0 Å². The largest absolute Gasteiger partial charge is 0.497 e. The zero-order chi connectivity index (χ0) is 19.8. The number of carbonyl (C=O) groups excluding carboxylic acids is 1. The molecule has 0 aliphatic rings. The molecular formula is C19H15N5O4. The number of anilines is 1. The van der Waals surface area contributed by atoms with Gasteiger partial charge in [-0.2, -0.15) is 4.68 Å². The quantitative estimate of drug-likeness (QED) is 0.428. The third-order valence-electron chi connectivity index (χ3n) is 4.43. The molecule has 0 saturated heterocycles. The number of ether oxygens (including phenoxy) is 1. The van der Waals surface area contributed by atoms with Gasteiger partial charge in [0.1, 0.15) is 5.75 Å². The molecule has 4 aromatic rings. The van der Waals surface area contributed by atoms with E-state index >= 15 is 0 Å². The molecule has 2 heterocycles. The topological polar surface area (TPSA) is 126 Å². The van der Waals surface area contributed by atoms with Gasteiger partial charge in [-0.25, -0.2) is 4.98 Å². The molecule has 0 fully saturated rings. The van der Waals surface area contributed by atoms with E-state index in [4.69, 9.17) is 10.5 Å². The third-order valence-corrected chi connectivity index (χ3v) is 4.43. The number of nitro benzene ring substituents is 1. The van der Waals surface area contributed by atoms with E-state index < -0.39 is 4.92 Å². The van der Waals surface area contributed by atoms with Crippen LogP contribution in [0.5, 0.6) is 5.75 Å². The summed E-state index contributed by atoms with van der Waals surface area (Å²) in [6, 6.07) is 13.1. The molecule has 0 atom stereocenters. The van der Waals surface area contributed by atoms with Crippen molar-refractivity contribution in [3.05, 3.63) is 64.2 Å². The summed E-state index contributed by atoms with van der Waals surface area (Å²) in [5, 5.41) is 16.3. The molecule has 0 saturated carbocycles. The van der Waals surface area contributed by atoms with Crippen molar-refractivity contribution in [2.24, 2.45) is 0 Å². The summed E-state index contributed by atoms with van der Waals surface area (Å²) >= 11 is 0. The smallest absolute Gasteiger partial charge is 0.269 e. The highest BCUT2D eigenvalue weighted by Gasteiger charge is 2.17. The first-order valence-electron chi connectivity index (χ1n) is 8.36. The van der Waals surface area contributed by atoms with Crippen LogP contribution < -0.4 is 10.5 Å². The molecule has 9 nitrogen and oxygen atoms in total. The van der Waals surface area contributed by atoms with Gasteiger partial charge in [-0.3, -0.25) is 14.9 Å². The number of benzene rings is 2. The van der Waals surface area contributed by atoms with Gasteiger partial charge in [0.05, 0.1) is 29.4 Å². The first-order chi connectivity index (χ1) is 13.5. The van der Waals surface area contributed by atoms with Crippen molar-refractivity contribution in [2.75, 3.05) is 12.8 Å². The number of carbonyl (C=O) groups is 1. The highest BCUT2D eigenvalue weighted by Crippen LogP contribution is 2.26. The minimum absolute atomic E-state index is 0.00599. The Balaban J connectivity index is 1.73. The Morgan fingerprint density at radius 2 is 1.96 bits per heavy atom. The first-order valence-corrected chi connectivity index (χ1v) is 8.36. The van der Waals surface area contributed by atoms with E-state index in [1.54, 1.807) is 25.3 Å². The second kappa shape index (κ2) is 6.62. The Morgan fingerprint density at radius 1 is 1.21 bits per heavy atom. The number of nitrogens with two attached hydrogens (primary N) is 1. The summed E-state index contributed by atoms with van der Waals surface area (Å²) in [4.78, 5) is 27.6. The van der Waals surface area contributed by atoms with E-state index in [2.05, 4.69) is 10.1 Å². The fourth-order valence-corrected chi connectivity index (χ4v) is 2.98. The zero-order valence-electron chi connectivity index (χ0n) is 14.8. The fraction of sp³-hybridized carbons (Fsp3) is 0.105. The number of rotatable bonds is 4.